The van der Waals surface area contributed by atoms with Crippen LogP contribution < -0.4 is 14.4 Å². The maximum Gasteiger partial charge on any atom is 0.259 e. The molecule has 126 valence electrons. The molecule has 0 bridgehead atoms. The second kappa shape index (κ2) is 7.34. The van der Waals surface area contributed by atoms with Gasteiger partial charge in [-0.3, -0.25) is 9.78 Å². The van der Waals surface area contributed by atoms with Gasteiger partial charge in [0.25, 0.3) is 5.91 Å². The molecule has 0 aliphatic heterocycles. The molecule has 0 spiro atoms. The first-order valence-corrected chi connectivity index (χ1v) is 8.22. The summed E-state index contributed by atoms with van der Waals surface area (Å²) in [7, 11) is 3.37. The Labute approximate surface area is 142 Å². The molecule has 1 aromatic heterocycles. The molecule has 2 aromatic rings. The van der Waals surface area contributed by atoms with Gasteiger partial charge in [-0.1, -0.05) is 0 Å². The van der Waals surface area contributed by atoms with Crippen LogP contribution in [0.2, 0.25) is 0 Å². The van der Waals surface area contributed by atoms with Crippen molar-refractivity contribution in [3.63, 3.8) is 0 Å². The highest BCUT2D eigenvalue weighted by Gasteiger charge is 2.20. The van der Waals surface area contributed by atoms with E-state index in [2.05, 4.69) is 4.98 Å². The molecule has 0 atom stereocenters. The molecule has 1 aliphatic rings. The molecule has 0 unspecified atom stereocenters. The summed E-state index contributed by atoms with van der Waals surface area (Å²) in [6.07, 6.45) is 7.98. The monoisotopic (exact) mass is 326 g/mol. The van der Waals surface area contributed by atoms with Crippen molar-refractivity contribution in [3.8, 4) is 11.5 Å². The van der Waals surface area contributed by atoms with Crippen molar-refractivity contribution in [1.29, 1.82) is 0 Å². The Morgan fingerprint density at radius 2 is 2.00 bits per heavy atom. The third kappa shape index (κ3) is 3.50. The van der Waals surface area contributed by atoms with Crippen LogP contribution >= 0.6 is 0 Å². The quantitative estimate of drug-likeness (QED) is 0.841. The fraction of sp³-hybridized carbons (Fsp3) is 0.368. The number of nitrogens with zero attached hydrogens (tertiary/aromatic N) is 2. The average Bonchev–Trinajstić information content (AvgIpc) is 3.14. The number of anilines is 1. The molecule has 24 heavy (non-hydrogen) atoms. The van der Waals surface area contributed by atoms with E-state index in [-0.39, 0.29) is 12.0 Å². The fourth-order valence-electron chi connectivity index (χ4n) is 2.95. The summed E-state index contributed by atoms with van der Waals surface area (Å²) in [6, 6.07) is 9.07. The molecule has 1 fully saturated rings. The lowest BCUT2D eigenvalue weighted by Gasteiger charge is -2.21. The van der Waals surface area contributed by atoms with E-state index >= 15 is 0 Å². The first kappa shape index (κ1) is 16.3. The Hall–Kier alpha value is -2.56. The molecule has 1 saturated carbocycles. The summed E-state index contributed by atoms with van der Waals surface area (Å²) in [5, 5.41) is 0. The van der Waals surface area contributed by atoms with Crippen LogP contribution in [0.3, 0.4) is 0 Å². The van der Waals surface area contributed by atoms with Crippen LogP contribution in [0.25, 0.3) is 0 Å². The van der Waals surface area contributed by atoms with E-state index in [0.29, 0.717) is 17.1 Å². The first-order valence-electron chi connectivity index (χ1n) is 8.22. The number of benzene rings is 1. The van der Waals surface area contributed by atoms with Crippen molar-refractivity contribution in [2.24, 2.45) is 0 Å². The molecular formula is C19H22N2O3. The van der Waals surface area contributed by atoms with E-state index < -0.39 is 0 Å². The number of carbonyl (C=O) groups excluding carboxylic acids is 1. The topological polar surface area (TPSA) is 51.7 Å². The van der Waals surface area contributed by atoms with Gasteiger partial charge in [-0.15, -0.1) is 0 Å². The number of pyridine rings is 1. The predicted octanol–water partition coefficient (Wildman–Crippen LogP) is 3.69. The predicted molar refractivity (Wildman–Crippen MR) is 92.8 cm³/mol. The van der Waals surface area contributed by atoms with Crippen molar-refractivity contribution in [2.45, 2.75) is 31.8 Å². The Balaban J connectivity index is 1.83. The zero-order chi connectivity index (χ0) is 16.9. The summed E-state index contributed by atoms with van der Waals surface area (Å²) in [6.45, 7) is 0. The van der Waals surface area contributed by atoms with Crippen LogP contribution in [-0.4, -0.2) is 31.2 Å². The minimum Gasteiger partial charge on any atom is -0.493 e. The first-order chi connectivity index (χ1) is 11.7. The lowest BCUT2D eigenvalue weighted by Crippen LogP contribution is -2.26. The minimum absolute atomic E-state index is 0.111. The van der Waals surface area contributed by atoms with Crippen molar-refractivity contribution in [2.75, 3.05) is 19.1 Å². The van der Waals surface area contributed by atoms with E-state index in [0.717, 1.165) is 18.5 Å². The standard InChI is InChI=1S/C19H22N2O3/c1-21(19(22)14-6-5-11-20-13-14)15-9-10-17(23-2)18(12-15)24-16-7-3-4-8-16/h5-6,9-13,16H,3-4,7-8H2,1-2H3. The van der Waals surface area contributed by atoms with Crippen LogP contribution in [0.4, 0.5) is 5.69 Å². The Bertz CT molecular complexity index is 697. The van der Waals surface area contributed by atoms with Crippen LogP contribution in [-0.2, 0) is 0 Å². The second-order valence-corrected chi connectivity index (χ2v) is 5.97. The van der Waals surface area contributed by atoms with Gasteiger partial charge >= 0.3 is 0 Å². The van der Waals surface area contributed by atoms with Gasteiger partial charge in [-0.25, -0.2) is 0 Å². The Morgan fingerprint density at radius 1 is 1.21 bits per heavy atom. The summed E-state index contributed by atoms with van der Waals surface area (Å²) < 4.78 is 11.5. The van der Waals surface area contributed by atoms with E-state index in [1.165, 1.54) is 12.8 Å². The van der Waals surface area contributed by atoms with Gasteiger partial charge < -0.3 is 14.4 Å². The van der Waals surface area contributed by atoms with E-state index in [1.807, 2.05) is 18.2 Å². The summed E-state index contributed by atoms with van der Waals surface area (Å²) in [5.74, 6) is 1.26. The van der Waals surface area contributed by atoms with Gasteiger partial charge in [0.05, 0.1) is 18.8 Å². The summed E-state index contributed by atoms with van der Waals surface area (Å²) >= 11 is 0. The van der Waals surface area contributed by atoms with Crippen molar-refractivity contribution in [1.82, 2.24) is 4.98 Å². The van der Waals surface area contributed by atoms with Gasteiger partial charge in [0, 0.05) is 31.2 Å². The van der Waals surface area contributed by atoms with Gasteiger partial charge in [-0.05, 0) is 49.9 Å². The molecule has 1 heterocycles. The third-order valence-electron chi connectivity index (χ3n) is 4.34. The van der Waals surface area contributed by atoms with Gasteiger partial charge in [0.15, 0.2) is 11.5 Å². The number of aromatic nitrogens is 1. The van der Waals surface area contributed by atoms with E-state index in [4.69, 9.17) is 9.47 Å². The maximum absolute atomic E-state index is 12.6. The van der Waals surface area contributed by atoms with Crippen molar-refractivity contribution in [3.05, 3.63) is 48.3 Å². The smallest absolute Gasteiger partial charge is 0.259 e. The average molecular weight is 326 g/mol. The van der Waals surface area contributed by atoms with Crippen LogP contribution in [0, 0.1) is 0 Å². The number of amides is 1. The number of methoxy groups -OCH3 is 1. The highest BCUT2D eigenvalue weighted by atomic mass is 16.5. The lowest BCUT2D eigenvalue weighted by molar-refractivity contribution is 0.0992. The van der Waals surface area contributed by atoms with Crippen LogP contribution in [0.15, 0.2) is 42.7 Å². The molecule has 0 N–H and O–H groups in total. The fourth-order valence-corrected chi connectivity index (χ4v) is 2.95. The van der Waals surface area contributed by atoms with Crippen molar-refractivity contribution >= 4 is 11.6 Å². The van der Waals surface area contributed by atoms with Gasteiger partial charge in [0.2, 0.25) is 0 Å². The Morgan fingerprint density at radius 3 is 2.67 bits per heavy atom. The third-order valence-corrected chi connectivity index (χ3v) is 4.34. The largest absolute Gasteiger partial charge is 0.493 e. The normalized spacial score (nSPS) is 14.4. The number of ether oxygens (including phenoxy) is 2. The van der Waals surface area contributed by atoms with Gasteiger partial charge in [-0.2, -0.15) is 0 Å². The highest BCUT2D eigenvalue weighted by Crippen LogP contribution is 2.35. The molecular weight excluding hydrogens is 304 g/mol. The molecule has 5 nitrogen and oxygen atoms in total. The maximum atomic E-state index is 12.6. The number of rotatable bonds is 5. The van der Waals surface area contributed by atoms with Crippen molar-refractivity contribution < 1.29 is 14.3 Å². The second-order valence-electron chi connectivity index (χ2n) is 5.97. The number of carbonyl (C=O) groups is 1. The zero-order valence-electron chi connectivity index (χ0n) is 14.1. The Kier molecular flexibility index (Phi) is 4.99. The number of hydrogen-bond acceptors (Lipinski definition) is 4. The summed E-state index contributed by atoms with van der Waals surface area (Å²) in [4.78, 5) is 18.2. The molecule has 1 aromatic carbocycles. The van der Waals surface area contributed by atoms with E-state index in [1.54, 1.807) is 43.6 Å². The van der Waals surface area contributed by atoms with Gasteiger partial charge in [0.1, 0.15) is 0 Å². The van der Waals surface area contributed by atoms with E-state index in [9.17, 15) is 4.79 Å². The minimum atomic E-state index is -0.111. The molecule has 0 saturated heterocycles. The van der Waals surface area contributed by atoms with Crippen LogP contribution in [0.5, 0.6) is 11.5 Å². The van der Waals surface area contributed by atoms with Crippen LogP contribution in [0.1, 0.15) is 36.0 Å². The molecule has 1 amide bonds. The highest BCUT2D eigenvalue weighted by molar-refractivity contribution is 6.05. The zero-order valence-corrected chi connectivity index (χ0v) is 14.1. The lowest BCUT2D eigenvalue weighted by atomic mass is 10.2. The molecule has 1 aliphatic carbocycles. The summed E-state index contributed by atoms with van der Waals surface area (Å²) in [5.41, 5.74) is 1.31. The SMILES string of the molecule is COc1ccc(N(C)C(=O)c2cccnc2)cc1OC1CCCC1. The number of hydrogen-bond donors (Lipinski definition) is 0. The molecule has 0 radical (unpaired) electrons. The molecule has 3 rings (SSSR count). The molecule has 5 heteroatoms.